The van der Waals surface area contributed by atoms with E-state index in [2.05, 4.69) is 6.92 Å². The summed E-state index contributed by atoms with van der Waals surface area (Å²) in [5, 5.41) is 0. The van der Waals surface area contributed by atoms with Crippen LogP contribution < -0.4 is 0 Å². The van der Waals surface area contributed by atoms with E-state index in [1.807, 2.05) is 0 Å². The Labute approximate surface area is 119 Å². The van der Waals surface area contributed by atoms with Crippen molar-refractivity contribution in [1.82, 2.24) is 0 Å². The van der Waals surface area contributed by atoms with Gasteiger partial charge in [0, 0.05) is 34.0 Å². The second-order valence-corrected chi connectivity index (χ2v) is 8.45. The molecule has 1 aliphatic carbocycles. The van der Waals surface area contributed by atoms with Crippen molar-refractivity contribution in [3.63, 3.8) is 0 Å². The maximum absolute atomic E-state index is 5.89. The van der Waals surface area contributed by atoms with Gasteiger partial charge in [-0.2, -0.15) is 0 Å². The molecule has 114 valence electrons. The predicted molar refractivity (Wildman–Crippen MR) is 78.2 cm³/mol. The first kappa shape index (κ1) is 17.1. The Morgan fingerprint density at radius 3 is 2.32 bits per heavy atom. The first-order valence-electron chi connectivity index (χ1n) is 7.46. The minimum absolute atomic E-state index is 0.461. The Morgan fingerprint density at radius 1 is 1.05 bits per heavy atom. The first-order chi connectivity index (χ1) is 9.19. The normalized spacial score (nSPS) is 24.6. The molecule has 0 amide bonds. The second kappa shape index (κ2) is 9.08. The molecule has 4 nitrogen and oxygen atoms in total. The standard InChI is InChI=1S/C14H30O4Si/c1-5-10-18-14-8-6-7-13(12-14)9-11-19(15-2,16-3)17-4/h13-14H,5-12H2,1-4H3. The number of hydrogen-bond acceptors (Lipinski definition) is 4. The lowest BCUT2D eigenvalue weighted by atomic mass is 9.85. The molecule has 1 fully saturated rings. The third kappa shape index (κ3) is 5.51. The fraction of sp³-hybridized carbons (Fsp3) is 1.00. The molecule has 1 rings (SSSR count). The molecule has 0 aliphatic heterocycles. The molecule has 0 aromatic rings. The maximum Gasteiger partial charge on any atom is 0.500 e. The molecular formula is C14H30O4Si. The Kier molecular flexibility index (Phi) is 8.17. The number of ether oxygens (including phenoxy) is 1. The van der Waals surface area contributed by atoms with Crippen LogP contribution in [0.15, 0.2) is 0 Å². The predicted octanol–water partition coefficient (Wildman–Crippen LogP) is 3.24. The smallest absolute Gasteiger partial charge is 0.378 e. The topological polar surface area (TPSA) is 36.9 Å². The summed E-state index contributed by atoms with van der Waals surface area (Å²) >= 11 is 0. The van der Waals surface area contributed by atoms with Crippen molar-refractivity contribution in [1.29, 1.82) is 0 Å². The van der Waals surface area contributed by atoms with Crippen LogP contribution in [0.25, 0.3) is 0 Å². The van der Waals surface area contributed by atoms with Gasteiger partial charge in [0.15, 0.2) is 0 Å². The van der Waals surface area contributed by atoms with Gasteiger partial charge in [-0.05, 0) is 31.6 Å². The van der Waals surface area contributed by atoms with Crippen molar-refractivity contribution in [3.8, 4) is 0 Å². The van der Waals surface area contributed by atoms with Crippen LogP contribution in [0.2, 0.25) is 6.04 Å². The summed E-state index contributed by atoms with van der Waals surface area (Å²) in [7, 11) is 2.67. The van der Waals surface area contributed by atoms with Gasteiger partial charge in [0.1, 0.15) is 0 Å². The largest absolute Gasteiger partial charge is 0.500 e. The summed E-state index contributed by atoms with van der Waals surface area (Å²) in [6.07, 6.45) is 7.66. The highest BCUT2D eigenvalue weighted by Crippen LogP contribution is 2.31. The van der Waals surface area contributed by atoms with Crippen molar-refractivity contribution >= 4 is 8.80 Å². The van der Waals surface area contributed by atoms with Crippen LogP contribution in [0.3, 0.4) is 0 Å². The summed E-state index contributed by atoms with van der Waals surface area (Å²) in [5.41, 5.74) is 0. The molecule has 1 aliphatic rings. The van der Waals surface area contributed by atoms with Crippen LogP contribution in [0.1, 0.15) is 45.4 Å². The molecule has 19 heavy (non-hydrogen) atoms. The van der Waals surface area contributed by atoms with Crippen molar-refractivity contribution in [2.45, 2.75) is 57.6 Å². The van der Waals surface area contributed by atoms with Gasteiger partial charge < -0.3 is 18.0 Å². The monoisotopic (exact) mass is 290 g/mol. The highest BCUT2D eigenvalue weighted by atomic mass is 28.4. The fourth-order valence-corrected chi connectivity index (χ4v) is 4.75. The van der Waals surface area contributed by atoms with Crippen LogP contribution in [0.4, 0.5) is 0 Å². The third-order valence-electron chi connectivity index (χ3n) is 4.08. The van der Waals surface area contributed by atoms with E-state index >= 15 is 0 Å². The van der Waals surface area contributed by atoms with E-state index in [0.717, 1.165) is 31.4 Å². The van der Waals surface area contributed by atoms with Crippen molar-refractivity contribution in [2.24, 2.45) is 5.92 Å². The molecule has 0 spiro atoms. The average molecular weight is 290 g/mol. The van der Waals surface area contributed by atoms with E-state index in [9.17, 15) is 0 Å². The van der Waals surface area contributed by atoms with Crippen LogP contribution in [-0.2, 0) is 18.0 Å². The zero-order valence-electron chi connectivity index (χ0n) is 12.9. The Balaban J connectivity index is 2.35. The maximum atomic E-state index is 5.89. The van der Waals surface area contributed by atoms with Crippen molar-refractivity contribution in [2.75, 3.05) is 27.9 Å². The Bertz CT molecular complexity index is 225. The Hall–Kier alpha value is 0.0569. The Morgan fingerprint density at radius 2 is 1.74 bits per heavy atom. The molecule has 0 aromatic carbocycles. The van der Waals surface area contributed by atoms with E-state index in [1.165, 1.54) is 25.7 Å². The molecule has 0 radical (unpaired) electrons. The van der Waals surface area contributed by atoms with Crippen LogP contribution >= 0.6 is 0 Å². The van der Waals surface area contributed by atoms with E-state index in [-0.39, 0.29) is 0 Å². The highest BCUT2D eigenvalue weighted by Gasteiger charge is 2.38. The van der Waals surface area contributed by atoms with E-state index < -0.39 is 8.80 Å². The summed E-state index contributed by atoms with van der Waals surface area (Å²) < 4.78 is 22.3. The molecule has 0 aromatic heterocycles. The summed E-state index contributed by atoms with van der Waals surface area (Å²) in [6.45, 7) is 3.06. The molecule has 5 heteroatoms. The third-order valence-corrected chi connectivity index (χ3v) is 6.85. The van der Waals surface area contributed by atoms with Gasteiger partial charge >= 0.3 is 8.80 Å². The number of hydrogen-bond donors (Lipinski definition) is 0. The van der Waals surface area contributed by atoms with Crippen LogP contribution in [0.5, 0.6) is 0 Å². The molecule has 0 N–H and O–H groups in total. The van der Waals surface area contributed by atoms with E-state index in [0.29, 0.717) is 6.10 Å². The molecule has 1 saturated carbocycles. The molecular weight excluding hydrogens is 260 g/mol. The molecule has 2 atom stereocenters. The lowest BCUT2D eigenvalue weighted by molar-refractivity contribution is 0.0119. The van der Waals surface area contributed by atoms with E-state index in [4.69, 9.17) is 18.0 Å². The lowest BCUT2D eigenvalue weighted by Gasteiger charge is -2.31. The molecule has 0 heterocycles. The van der Waals surface area contributed by atoms with Crippen LogP contribution in [-0.4, -0.2) is 42.8 Å². The van der Waals surface area contributed by atoms with Crippen molar-refractivity contribution in [3.05, 3.63) is 0 Å². The van der Waals surface area contributed by atoms with Crippen LogP contribution in [0, 0.1) is 5.92 Å². The minimum Gasteiger partial charge on any atom is -0.378 e. The summed E-state index contributed by atoms with van der Waals surface area (Å²) in [6, 6.07) is 0.904. The zero-order chi connectivity index (χ0) is 14.1. The average Bonchev–Trinajstić information content (AvgIpc) is 2.47. The molecule has 0 bridgehead atoms. The summed E-state index contributed by atoms with van der Waals surface area (Å²) in [5.74, 6) is 0.725. The molecule has 0 saturated heterocycles. The lowest BCUT2D eigenvalue weighted by Crippen LogP contribution is -2.43. The van der Waals surface area contributed by atoms with E-state index in [1.54, 1.807) is 21.3 Å². The SMILES string of the molecule is CCCOC1CCCC(CC[Si](OC)(OC)OC)C1. The second-order valence-electron chi connectivity index (χ2n) is 5.36. The quantitative estimate of drug-likeness (QED) is 0.611. The summed E-state index contributed by atoms with van der Waals surface area (Å²) in [4.78, 5) is 0. The van der Waals surface area contributed by atoms with Gasteiger partial charge in [0.05, 0.1) is 6.10 Å². The molecule has 2 unspecified atom stereocenters. The van der Waals surface area contributed by atoms with Gasteiger partial charge in [0.25, 0.3) is 0 Å². The van der Waals surface area contributed by atoms with Gasteiger partial charge in [-0.15, -0.1) is 0 Å². The van der Waals surface area contributed by atoms with Crippen molar-refractivity contribution < 1.29 is 18.0 Å². The minimum atomic E-state index is -2.39. The first-order valence-corrected chi connectivity index (χ1v) is 9.40. The van der Waals surface area contributed by atoms with Gasteiger partial charge in [-0.3, -0.25) is 0 Å². The number of rotatable bonds is 9. The zero-order valence-corrected chi connectivity index (χ0v) is 13.9. The van der Waals surface area contributed by atoms with Gasteiger partial charge in [-0.1, -0.05) is 19.8 Å². The highest BCUT2D eigenvalue weighted by molar-refractivity contribution is 6.60. The van der Waals surface area contributed by atoms with Gasteiger partial charge in [0.2, 0.25) is 0 Å². The van der Waals surface area contributed by atoms with Gasteiger partial charge in [-0.25, -0.2) is 0 Å². The fourth-order valence-electron chi connectivity index (χ4n) is 2.88.